The molecule has 1 aliphatic heterocycles. The molecule has 0 radical (unpaired) electrons. The fraction of sp³-hybridized carbons (Fsp3) is 0.375. The van der Waals surface area contributed by atoms with Gasteiger partial charge in [0.05, 0.1) is 18.4 Å². The molecular formula is C24H28N2O2. The number of likely N-dealkylation sites (tertiary alicyclic amines) is 1. The van der Waals surface area contributed by atoms with Crippen LogP contribution in [0, 0.1) is 19.8 Å². The molecule has 0 unspecified atom stereocenters. The SMILES string of the molecule is Cc1cc(C(=O)N2CCC(Cc3ccccc3)CC2)c(C)n1Cc1ccco1. The summed E-state index contributed by atoms with van der Waals surface area (Å²) < 4.78 is 7.64. The number of piperidine rings is 1. The van der Waals surface area contributed by atoms with Gasteiger partial charge in [-0.1, -0.05) is 30.3 Å². The van der Waals surface area contributed by atoms with E-state index in [9.17, 15) is 4.79 Å². The Hall–Kier alpha value is -2.75. The average molecular weight is 377 g/mol. The summed E-state index contributed by atoms with van der Waals surface area (Å²) in [5.41, 5.74) is 4.33. The Morgan fingerprint density at radius 3 is 2.50 bits per heavy atom. The first kappa shape index (κ1) is 18.6. The molecule has 0 spiro atoms. The maximum Gasteiger partial charge on any atom is 0.255 e. The topological polar surface area (TPSA) is 38.4 Å². The van der Waals surface area contributed by atoms with E-state index in [1.54, 1.807) is 6.26 Å². The lowest BCUT2D eigenvalue weighted by molar-refractivity contribution is 0.0689. The van der Waals surface area contributed by atoms with Gasteiger partial charge in [0.15, 0.2) is 0 Å². The summed E-state index contributed by atoms with van der Waals surface area (Å²) >= 11 is 0. The molecule has 2 aromatic heterocycles. The van der Waals surface area contributed by atoms with Crippen LogP contribution in [0.25, 0.3) is 0 Å². The molecule has 1 aliphatic rings. The number of carbonyl (C=O) groups is 1. The lowest BCUT2D eigenvalue weighted by atomic mass is 9.90. The van der Waals surface area contributed by atoms with Gasteiger partial charge in [0.2, 0.25) is 0 Å². The van der Waals surface area contributed by atoms with Crippen molar-refractivity contribution in [3.63, 3.8) is 0 Å². The third-order valence-electron chi connectivity index (χ3n) is 5.97. The van der Waals surface area contributed by atoms with E-state index in [-0.39, 0.29) is 5.91 Å². The monoisotopic (exact) mass is 376 g/mol. The molecule has 1 aromatic carbocycles. The van der Waals surface area contributed by atoms with E-state index in [1.165, 1.54) is 5.56 Å². The number of nitrogens with zero attached hydrogens (tertiary/aromatic N) is 2. The molecule has 28 heavy (non-hydrogen) atoms. The maximum absolute atomic E-state index is 13.1. The Labute approximate surface area is 166 Å². The largest absolute Gasteiger partial charge is 0.467 e. The van der Waals surface area contributed by atoms with Gasteiger partial charge in [0, 0.05) is 24.5 Å². The number of furan rings is 1. The van der Waals surface area contributed by atoms with Crippen molar-refractivity contribution in [3.8, 4) is 0 Å². The van der Waals surface area contributed by atoms with E-state index in [2.05, 4.69) is 41.8 Å². The normalized spacial score (nSPS) is 15.1. The first-order valence-electron chi connectivity index (χ1n) is 10.1. The number of rotatable bonds is 5. The molecule has 146 valence electrons. The second-order valence-corrected chi connectivity index (χ2v) is 7.88. The highest BCUT2D eigenvalue weighted by Crippen LogP contribution is 2.25. The summed E-state index contributed by atoms with van der Waals surface area (Å²) in [6, 6.07) is 16.6. The van der Waals surface area contributed by atoms with Crippen LogP contribution in [0.5, 0.6) is 0 Å². The van der Waals surface area contributed by atoms with Crippen LogP contribution in [0.4, 0.5) is 0 Å². The minimum Gasteiger partial charge on any atom is -0.467 e. The van der Waals surface area contributed by atoms with Crippen LogP contribution >= 0.6 is 0 Å². The molecule has 0 atom stereocenters. The Morgan fingerprint density at radius 1 is 1.07 bits per heavy atom. The highest BCUT2D eigenvalue weighted by atomic mass is 16.3. The summed E-state index contributed by atoms with van der Waals surface area (Å²) in [7, 11) is 0. The fourth-order valence-electron chi connectivity index (χ4n) is 4.28. The van der Waals surface area contributed by atoms with Crippen LogP contribution in [0.1, 0.15) is 45.9 Å². The molecule has 1 saturated heterocycles. The molecular weight excluding hydrogens is 348 g/mol. The highest BCUT2D eigenvalue weighted by Gasteiger charge is 2.26. The van der Waals surface area contributed by atoms with Gasteiger partial charge < -0.3 is 13.9 Å². The molecule has 0 saturated carbocycles. The van der Waals surface area contributed by atoms with E-state index < -0.39 is 0 Å². The number of benzene rings is 1. The first-order chi connectivity index (χ1) is 13.6. The quantitative estimate of drug-likeness (QED) is 0.639. The number of aryl methyl sites for hydroxylation is 1. The molecule has 4 heteroatoms. The first-order valence-corrected chi connectivity index (χ1v) is 10.1. The van der Waals surface area contributed by atoms with Crippen molar-refractivity contribution < 1.29 is 9.21 Å². The summed E-state index contributed by atoms with van der Waals surface area (Å²) in [6.45, 7) is 6.44. The van der Waals surface area contributed by atoms with E-state index in [0.717, 1.165) is 55.1 Å². The maximum atomic E-state index is 13.1. The highest BCUT2D eigenvalue weighted by molar-refractivity contribution is 5.95. The molecule has 1 fully saturated rings. The minimum absolute atomic E-state index is 0.164. The predicted molar refractivity (Wildman–Crippen MR) is 110 cm³/mol. The zero-order valence-electron chi connectivity index (χ0n) is 16.7. The number of hydrogen-bond acceptors (Lipinski definition) is 2. The molecule has 0 aliphatic carbocycles. The van der Waals surface area contributed by atoms with Gasteiger partial charge >= 0.3 is 0 Å². The van der Waals surface area contributed by atoms with Gasteiger partial charge in [0.25, 0.3) is 5.91 Å². The van der Waals surface area contributed by atoms with Crippen LogP contribution in [-0.2, 0) is 13.0 Å². The van der Waals surface area contributed by atoms with Gasteiger partial charge in [-0.2, -0.15) is 0 Å². The molecule has 4 rings (SSSR count). The predicted octanol–water partition coefficient (Wildman–Crippen LogP) is 4.84. The summed E-state index contributed by atoms with van der Waals surface area (Å²) in [4.78, 5) is 15.2. The molecule has 3 aromatic rings. The third-order valence-corrected chi connectivity index (χ3v) is 5.97. The van der Waals surface area contributed by atoms with Crippen molar-refractivity contribution in [2.75, 3.05) is 13.1 Å². The van der Waals surface area contributed by atoms with E-state index >= 15 is 0 Å². The Morgan fingerprint density at radius 2 is 1.82 bits per heavy atom. The van der Waals surface area contributed by atoms with Crippen LogP contribution in [0.15, 0.2) is 59.2 Å². The van der Waals surface area contributed by atoms with Crippen molar-refractivity contribution in [2.24, 2.45) is 5.92 Å². The van der Waals surface area contributed by atoms with Crippen LogP contribution < -0.4 is 0 Å². The van der Waals surface area contributed by atoms with Crippen molar-refractivity contribution in [1.82, 2.24) is 9.47 Å². The van der Waals surface area contributed by atoms with E-state index in [4.69, 9.17) is 4.42 Å². The fourth-order valence-corrected chi connectivity index (χ4v) is 4.28. The van der Waals surface area contributed by atoms with E-state index in [1.807, 2.05) is 30.0 Å². The summed E-state index contributed by atoms with van der Waals surface area (Å²) in [5, 5.41) is 0. The Balaban J connectivity index is 1.40. The number of carbonyl (C=O) groups excluding carboxylic acids is 1. The lowest BCUT2D eigenvalue weighted by Crippen LogP contribution is -2.39. The van der Waals surface area contributed by atoms with E-state index in [0.29, 0.717) is 12.5 Å². The number of aromatic nitrogens is 1. The van der Waals surface area contributed by atoms with Gasteiger partial charge in [-0.15, -0.1) is 0 Å². The van der Waals surface area contributed by atoms with Gasteiger partial charge in [-0.25, -0.2) is 0 Å². The number of hydrogen-bond donors (Lipinski definition) is 0. The zero-order valence-corrected chi connectivity index (χ0v) is 16.7. The Kier molecular flexibility index (Phi) is 5.38. The standard InChI is InChI=1S/C24H28N2O2/c1-18-15-23(19(2)26(18)17-22-9-6-14-28-22)24(27)25-12-10-21(11-13-25)16-20-7-4-3-5-8-20/h3-9,14-15,21H,10-13,16-17H2,1-2H3. The molecule has 3 heterocycles. The lowest BCUT2D eigenvalue weighted by Gasteiger charge is -2.32. The van der Waals surface area contributed by atoms with Gasteiger partial charge in [0.1, 0.15) is 5.76 Å². The van der Waals surface area contributed by atoms with Crippen LogP contribution in [-0.4, -0.2) is 28.5 Å². The molecule has 4 nitrogen and oxygen atoms in total. The second kappa shape index (κ2) is 8.09. The molecule has 1 amide bonds. The van der Waals surface area contributed by atoms with Crippen LogP contribution in [0.2, 0.25) is 0 Å². The Bertz CT molecular complexity index is 917. The van der Waals surface area contributed by atoms with Gasteiger partial charge in [-0.3, -0.25) is 4.79 Å². The minimum atomic E-state index is 0.164. The van der Waals surface area contributed by atoms with Crippen molar-refractivity contribution in [1.29, 1.82) is 0 Å². The third kappa shape index (κ3) is 3.91. The van der Waals surface area contributed by atoms with Crippen molar-refractivity contribution in [3.05, 3.63) is 83.1 Å². The summed E-state index contributed by atoms with van der Waals surface area (Å²) in [5.74, 6) is 1.73. The van der Waals surface area contributed by atoms with Crippen molar-refractivity contribution in [2.45, 2.75) is 39.7 Å². The van der Waals surface area contributed by atoms with Crippen LogP contribution in [0.3, 0.4) is 0 Å². The summed E-state index contributed by atoms with van der Waals surface area (Å²) in [6.07, 6.45) is 4.95. The van der Waals surface area contributed by atoms with Crippen molar-refractivity contribution >= 4 is 5.91 Å². The number of amides is 1. The second-order valence-electron chi connectivity index (χ2n) is 7.88. The zero-order chi connectivity index (χ0) is 19.5. The average Bonchev–Trinajstić information content (AvgIpc) is 3.33. The smallest absolute Gasteiger partial charge is 0.255 e. The molecule has 0 bridgehead atoms. The molecule has 0 N–H and O–H groups in total. The van der Waals surface area contributed by atoms with Gasteiger partial charge in [-0.05, 0) is 62.8 Å².